The molecule has 0 bridgehead atoms. The summed E-state index contributed by atoms with van der Waals surface area (Å²) in [4.78, 5) is 11.5. The van der Waals surface area contributed by atoms with Crippen molar-refractivity contribution in [2.75, 3.05) is 13.1 Å². The maximum Gasteiger partial charge on any atom is 0.407 e. The van der Waals surface area contributed by atoms with Crippen LogP contribution in [0.2, 0.25) is 0 Å². The van der Waals surface area contributed by atoms with Crippen LogP contribution >= 0.6 is 0 Å². The molecule has 0 heterocycles. The van der Waals surface area contributed by atoms with E-state index in [0.717, 1.165) is 5.56 Å². The fourth-order valence-corrected chi connectivity index (χ4v) is 1.58. The van der Waals surface area contributed by atoms with E-state index in [0.29, 0.717) is 13.1 Å². The lowest BCUT2D eigenvalue weighted by atomic mass is 9.99. The van der Waals surface area contributed by atoms with Crippen molar-refractivity contribution in [3.8, 4) is 0 Å². The molecule has 0 aromatic heterocycles. The first-order valence-corrected chi connectivity index (χ1v) is 6.14. The van der Waals surface area contributed by atoms with Crippen LogP contribution in [0.15, 0.2) is 30.3 Å². The number of nitrogens with two attached hydrogens (primary N) is 1. The zero-order valence-corrected chi connectivity index (χ0v) is 11.3. The van der Waals surface area contributed by atoms with Crippen molar-refractivity contribution in [3.63, 3.8) is 0 Å². The summed E-state index contributed by atoms with van der Waals surface area (Å²) < 4.78 is 5.18. The lowest BCUT2D eigenvalue weighted by molar-refractivity contribution is 0.0525. The summed E-state index contributed by atoms with van der Waals surface area (Å²) in [5.41, 5.74) is 6.37. The van der Waals surface area contributed by atoms with Crippen molar-refractivity contribution < 1.29 is 9.53 Å². The molecule has 0 radical (unpaired) electrons. The van der Waals surface area contributed by atoms with Crippen molar-refractivity contribution in [1.82, 2.24) is 5.32 Å². The molecule has 1 atom stereocenters. The Bertz CT molecular complexity index is 371. The van der Waals surface area contributed by atoms with Gasteiger partial charge < -0.3 is 15.8 Å². The molecule has 3 N–H and O–H groups in total. The monoisotopic (exact) mass is 250 g/mol. The van der Waals surface area contributed by atoms with Gasteiger partial charge in [0.1, 0.15) is 5.60 Å². The molecule has 0 unspecified atom stereocenters. The number of carbonyl (C=O) groups is 1. The number of alkyl carbamates (subject to hydrolysis) is 1. The van der Waals surface area contributed by atoms with Gasteiger partial charge in [-0.05, 0) is 26.3 Å². The number of amides is 1. The van der Waals surface area contributed by atoms with Gasteiger partial charge in [-0.2, -0.15) is 0 Å². The molecule has 1 aromatic rings. The first-order chi connectivity index (χ1) is 8.42. The van der Waals surface area contributed by atoms with Crippen LogP contribution in [0.4, 0.5) is 4.79 Å². The van der Waals surface area contributed by atoms with Gasteiger partial charge in [0, 0.05) is 19.0 Å². The summed E-state index contributed by atoms with van der Waals surface area (Å²) in [5, 5.41) is 2.75. The molecule has 100 valence electrons. The largest absolute Gasteiger partial charge is 0.444 e. The molecular weight excluding hydrogens is 228 g/mol. The van der Waals surface area contributed by atoms with Gasteiger partial charge in [-0.15, -0.1) is 0 Å². The molecule has 0 saturated carbocycles. The molecule has 18 heavy (non-hydrogen) atoms. The average molecular weight is 250 g/mol. The van der Waals surface area contributed by atoms with Crippen molar-refractivity contribution >= 4 is 6.09 Å². The third-order valence-corrected chi connectivity index (χ3v) is 2.45. The lowest BCUT2D eigenvalue weighted by Gasteiger charge is -2.21. The summed E-state index contributed by atoms with van der Waals surface area (Å²) in [6, 6.07) is 9.90. The van der Waals surface area contributed by atoms with Gasteiger partial charge in [-0.1, -0.05) is 30.3 Å². The predicted molar refractivity (Wildman–Crippen MR) is 72.5 cm³/mol. The Morgan fingerprint density at radius 1 is 1.33 bits per heavy atom. The molecule has 4 nitrogen and oxygen atoms in total. The third kappa shape index (κ3) is 5.19. The first-order valence-electron chi connectivity index (χ1n) is 6.14. The zero-order chi connectivity index (χ0) is 13.6. The zero-order valence-electron chi connectivity index (χ0n) is 11.3. The number of rotatable bonds is 4. The van der Waals surface area contributed by atoms with Crippen LogP contribution in [0.25, 0.3) is 0 Å². The van der Waals surface area contributed by atoms with Crippen molar-refractivity contribution in [2.24, 2.45) is 5.73 Å². The number of hydrogen-bond donors (Lipinski definition) is 2. The van der Waals surface area contributed by atoms with Crippen molar-refractivity contribution in [1.29, 1.82) is 0 Å². The van der Waals surface area contributed by atoms with Gasteiger partial charge in [-0.25, -0.2) is 4.79 Å². The second kappa shape index (κ2) is 6.40. The van der Waals surface area contributed by atoms with Gasteiger partial charge in [-0.3, -0.25) is 0 Å². The Kier molecular flexibility index (Phi) is 5.16. The lowest BCUT2D eigenvalue weighted by Crippen LogP contribution is -2.36. The number of ether oxygens (including phenoxy) is 1. The highest BCUT2D eigenvalue weighted by Crippen LogP contribution is 2.13. The Morgan fingerprint density at radius 3 is 2.44 bits per heavy atom. The van der Waals surface area contributed by atoms with E-state index in [2.05, 4.69) is 5.32 Å². The highest BCUT2D eigenvalue weighted by molar-refractivity contribution is 5.67. The normalized spacial score (nSPS) is 12.9. The number of carbonyl (C=O) groups excluding carboxylic acids is 1. The SMILES string of the molecule is CC(C)(C)OC(=O)NC[C@@H](CN)c1ccccc1. The molecule has 0 saturated heterocycles. The van der Waals surface area contributed by atoms with Crippen LogP contribution in [0, 0.1) is 0 Å². The van der Waals surface area contributed by atoms with Gasteiger partial charge in [0.25, 0.3) is 0 Å². The fraction of sp³-hybridized carbons (Fsp3) is 0.500. The third-order valence-electron chi connectivity index (χ3n) is 2.45. The van der Waals surface area contributed by atoms with Crippen LogP contribution in [0.3, 0.4) is 0 Å². The molecular formula is C14H22N2O2. The van der Waals surface area contributed by atoms with E-state index in [1.54, 1.807) is 0 Å². The number of hydrogen-bond acceptors (Lipinski definition) is 3. The van der Waals surface area contributed by atoms with E-state index in [9.17, 15) is 4.79 Å². The molecule has 1 rings (SSSR count). The molecule has 0 aliphatic carbocycles. The van der Waals surface area contributed by atoms with Crippen LogP contribution in [-0.4, -0.2) is 24.8 Å². The van der Waals surface area contributed by atoms with Crippen LogP contribution in [0.5, 0.6) is 0 Å². The second-order valence-corrected chi connectivity index (χ2v) is 5.23. The topological polar surface area (TPSA) is 64.3 Å². The molecule has 4 heteroatoms. The molecule has 0 aliphatic heterocycles. The van der Waals surface area contributed by atoms with Crippen molar-refractivity contribution in [3.05, 3.63) is 35.9 Å². The van der Waals surface area contributed by atoms with Crippen LogP contribution < -0.4 is 11.1 Å². The Labute approximate surface area is 109 Å². The maximum absolute atomic E-state index is 11.5. The van der Waals surface area contributed by atoms with Crippen molar-refractivity contribution in [2.45, 2.75) is 32.3 Å². The minimum atomic E-state index is -0.477. The van der Waals surface area contributed by atoms with E-state index in [4.69, 9.17) is 10.5 Å². The van der Waals surface area contributed by atoms with Crippen LogP contribution in [0.1, 0.15) is 32.3 Å². The van der Waals surface area contributed by atoms with Gasteiger partial charge in [0.05, 0.1) is 0 Å². The predicted octanol–water partition coefficient (Wildman–Crippen LogP) is 2.25. The van der Waals surface area contributed by atoms with Crippen LogP contribution in [-0.2, 0) is 4.74 Å². The Balaban J connectivity index is 2.48. The van der Waals surface area contributed by atoms with E-state index in [-0.39, 0.29) is 5.92 Å². The van der Waals surface area contributed by atoms with E-state index >= 15 is 0 Å². The summed E-state index contributed by atoms with van der Waals surface area (Å²) in [5.74, 6) is 0.110. The summed E-state index contributed by atoms with van der Waals surface area (Å²) in [6.45, 7) is 6.48. The fourth-order valence-electron chi connectivity index (χ4n) is 1.58. The number of nitrogens with one attached hydrogen (secondary N) is 1. The van der Waals surface area contributed by atoms with E-state index in [1.807, 2.05) is 51.1 Å². The van der Waals surface area contributed by atoms with Gasteiger partial charge in [0.15, 0.2) is 0 Å². The number of benzene rings is 1. The highest BCUT2D eigenvalue weighted by atomic mass is 16.6. The summed E-state index contributed by atoms with van der Waals surface area (Å²) >= 11 is 0. The van der Waals surface area contributed by atoms with E-state index < -0.39 is 11.7 Å². The second-order valence-electron chi connectivity index (χ2n) is 5.23. The molecule has 0 fully saturated rings. The molecule has 1 aromatic carbocycles. The first kappa shape index (κ1) is 14.5. The minimum Gasteiger partial charge on any atom is -0.444 e. The smallest absolute Gasteiger partial charge is 0.407 e. The maximum atomic E-state index is 11.5. The highest BCUT2D eigenvalue weighted by Gasteiger charge is 2.17. The molecule has 0 aliphatic rings. The Morgan fingerprint density at radius 2 is 1.94 bits per heavy atom. The summed E-state index contributed by atoms with van der Waals surface area (Å²) in [6.07, 6.45) is -0.406. The quantitative estimate of drug-likeness (QED) is 0.861. The minimum absolute atomic E-state index is 0.110. The molecule has 1 amide bonds. The Hall–Kier alpha value is -1.55. The van der Waals surface area contributed by atoms with E-state index in [1.165, 1.54) is 0 Å². The van der Waals surface area contributed by atoms with Gasteiger partial charge in [0.2, 0.25) is 0 Å². The summed E-state index contributed by atoms with van der Waals surface area (Å²) in [7, 11) is 0. The standard InChI is InChI=1S/C14H22N2O2/c1-14(2,3)18-13(17)16-10-12(9-15)11-7-5-4-6-8-11/h4-8,12H,9-10,15H2,1-3H3,(H,16,17)/t12-/m1/s1. The average Bonchev–Trinajstić information content (AvgIpc) is 2.29. The molecule has 0 spiro atoms. The van der Waals surface area contributed by atoms with Gasteiger partial charge >= 0.3 is 6.09 Å².